The molecular formula is C15H19NO3. The fourth-order valence-corrected chi connectivity index (χ4v) is 1.71. The lowest BCUT2D eigenvalue weighted by Gasteiger charge is -2.13. The number of benzene rings is 1. The summed E-state index contributed by atoms with van der Waals surface area (Å²) in [5.74, 6) is -1.17. The van der Waals surface area contributed by atoms with Gasteiger partial charge in [0.25, 0.3) is 5.91 Å². The summed E-state index contributed by atoms with van der Waals surface area (Å²) in [6.07, 6.45) is 4.68. The van der Waals surface area contributed by atoms with Crippen molar-refractivity contribution in [2.45, 2.75) is 32.2 Å². The topological polar surface area (TPSA) is 66.4 Å². The summed E-state index contributed by atoms with van der Waals surface area (Å²) in [4.78, 5) is 22.6. The van der Waals surface area contributed by atoms with Gasteiger partial charge < -0.3 is 10.4 Å². The molecule has 0 radical (unpaired) electrons. The van der Waals surface area contributed by atoms with Crippen molar-refractivity contribution in [3.05, 3.63) is 48.0 Å². The van der Waals surface area contributed by atoms with Crippen molar-refractivity contribution in [3.8, 4) is 0 Å². The van der Waals surface area contributed by atoms with Gasteiger partial charge in [-0.2, -0.15) is 0 Å². The van der Waals surface area contributed by atoms with Crippen LogP contribution in [0.15, 0.2) is 36.9 Å². The minimum absolute atomic E-state index is 0.0894. The fraction of sp³-hybridized carbons (Fsp3) is 0.333. The molecule has 1 rings (SSSR count). The van der Waals surface area contributed by atoms with Crippen LogP contribution in [0.3, 0.4) is 0 Å². The maximum absolute atomic E-state index is 11.9. The Morgan fingerprint density at radius 2 is 1.89 bits per heavy atom. The van der Waals surface area contributed by atoms with Gasteiger partial charge in [0, 0.05) is 11.6 Å². The Labute approximate surface area is 113 Å². The van der Waals surface area contributed by atoms with E-state index in [1.165, 1.54) is 24.3 Å². The maximum Gasteiger partial charge on any atom is 0.335 e. The third-order valence-corrected chi connectivity index (χ3v) is 2.82. The molecule has 0 aliphatic rings. The van der Waals surface area contributed by atoms with Gasteiger partial charge in [0.05, 0.1) is 5.56 Å². The van der Waals surface area contributed by atoms with Crippen molar-refractivity contribution in [1.29, 1.82) is 0 Å². The number of carboxylic acids is 1. The highest BCUT2D eigenvalue weighted by Gasteiger charge is 2.10. The molecule has 102 valence electrons. The first-order valence-corrected chi connectivity index (χ1v) is 6.29. The first kappa shape index (κ1) is 15.0. The van der Waals surface area contributed by atoms with Crippen LogP contribution >= 0.6 is 0 Å². The van der Waals surface area contributed by atoms with Gasteiger partial charge in [-0.05, 0) is 50.5 Å². The fourth-order valence-electron chi connectivity index (χ4n) is 1.71. The quantitative estimate of drug-likeness (QED) is 0.586. The number of amides is 1. The molecule has 0 aromatic heterocycles. The molecule has 4 heteroatoms. The minimum Gasteiger partial charge on any atom is -0.478 e. The van der Waals surface area contributed by atoms with Gasteiger partial charge in [-0.25, -0.2) is 4.79 Å². The summed E-state index contributed by atoms with van der Waals surface area (Å²) in [7, 11) is 0. The van der Waals surface area contributed by atoms with Crippen molar-refractivity contribution < 1.29 is 14.7 Å². The smallest absolute Gasteiger partial charge is 0.335 e. The second-order valence-corrected chi connectivity index (χ2v) is 4.48. The summed E-state index contributed by atoms with van der Waals surface area (Å²) in [6.45, 7) is 5.60. The lowest BCUT2D eigenvalue weighted by molar-refractivity contribution is 0.0696. The van der Waals surface area contributed by atoms with Crippen LogP contribution in [0.2, 0.25) is 0 Å². The van der Waals surface area contributed by atoms with E-state index in [2.05, 4.69) is 11.9 Å². The second-order valence-electron chi connectivity index (χ2n) is 4.48. The zero-order valence-corrected chi connectivity index (χ0v) is 11.1. The van der Waals surface area contributed by atoms with E-state index in [-0.39, 0.29) is 17.5 Å². The van der Waals surface area contributed by atoms with Crippen molar-refractivity contribution >= 4 is 11.9 Å². The lowest BCUT2D eigenvalue weighted by atomic mass is 10.1. The summed E-state index contributed by atoms with van der Waals surface area (Å²) >= 11 is 0. The van der Waals surface area contributed by atoms with Crippen LogP contribution < -0.4 is 5.32 Å². The molecule has 0 fully saturated rings. The average Bonchev–Trinajstić information content (AvgIpc) is 2.39. The zero-order valence-electron chi connectivity index (χ0n) is 11.1. The van der Waals surface area contributed by atoms with Gasteiger partial charge >= 0.3 is 5.97 Å². The number of carboxylic acid groups (broad SMARTS) is 1. The third-order valence-electron chi connectivity index (χ3n) is 2.82. The number of carbonyl (C=O) groups is 2. The average molecular weight is 261 g/mol. The molecule has 0 saturated carbocycles. The van der Waals surface area contributed by atoms with E-state index in [9.17, 15) is 9.59 Å². The Morgan fingerprint density at radius 1 is 1.32 bits per heavy atom. The molecule has 0 saturated heterocycles. The van der Waals surface area contributed by atoms with Gasteiger partial charge in [0.15, 0.2) is 0 Å². The number of nitrogens with one attached hydrogen (secondary N) is 1. The second kappa shape index (κ2) is 7.36. The number of aromatic carboxylic acids is 1. The number of carbonyl (C=O) groups excluding carboxylic acids is 1. The lowest BCUT2D eigenvalue weighted by Crippen LogP contribution is -2.32. The predicted octanol–water partition coefficient (Wildman–Crippen LogP) is 2.86. The SMILES string of the molecule is C=CCCCC(C)NC(=O)c1ccc(C(=O)O)cc1. The van der Waals surface area contributed by atoms with E-state index in [0.29, 0.717) is 5.56 Å². The van der Waals surface area contributed by atoms with Crippen LogP contribution in [0.4, 0.5) is 0 Å². The van der Waals surface area contributed by atoms with Crippen molar-refractivity contribution in [2.75, 3.05) is 0 Å². The highest BCUT2D eigenvalue weighted by atomic mass is 16.4. The Hall–Kier alpha value is -2.10. The summed E-state index contributed by atoms with van der Waals surface area (Å²) in [5.41, 5.74) is 0.649. The predicted molar refractivity (Wildman–Crippen MR) is 74.4 cm³/mol. The van der Waals surface area contributed by atoms with E-state index in [1.807, 2.05) is 13.0 Å². The summed E-state index contributed by atoms with van der Waals surface area (Å²) in [5, 5.41) is 11.7. The van der Waals surface area contributed by atoms with Crippen LogP contribution in [-0.4, -0.2) is 23.0 Å². The standard InChI is InChI=1S/C15H19NO3/c1-3-4-5-6-11(2)16-14(17)12-7-9-13(10-8-12)15(18)19/h3,7-11H,1,4-6H2,2H3,(H,16,17)(H,18,19). The molecule has 1 amide bonds. The molecule has 4 nitrogen and oxygen atoms in total. The maximum atomic E-state index is 11.9. The molecule has 0 spiro atoms. The van der Waals surface area contributed by atoms with Gasteiger partial charge in [-0.1, -0.05) is 6.08 Å². The Kier molecular flexibility index (Phi) is 5.79. The number of allylic oxidation sites excluding steroid dienone is 1. The van der Waals surface area contributed by atoms with E-state index < -0.39 is 5.97 Å². The van der Waals surface area contributed by atoms with Gasteiger partial charge in [-0.15, -0.1) is 6.58 Å². The number of rotatable bonds is 7. The largest absolute Gasteiger partial charge is 0.478 e. The molecule has 1 aromatic carbocycles. The first-order valence-electron chi connectivity index (χ1n) is 6.29. The molecule has 0 heterocycles. The monoisotopic (exact) mass is 261 g/mol. The highest BCUT2D eigenvalue weighted by molar-refractivity contribution is 5.95. The van der Waals surface area contributed by atoms with E-state index >= 15 is 0 Å². The van der Waals surface area contributed by atoms with Gasteiger partial charge in [0.1, 0.15) is 0 Å². The molecule has 0 aliphatic heterocycles. The van der Waals surface area contributed by atoms with Crippen molar-refractivity contribution in [3.63, 3.8) is 0 Å². The Balaban J connectivity index is 2.53. The first-order chi connectivity index (χ1) is 9.04. The molecule has 2 N–H and O–H groups in total. The van der Waals surface area contributed by atoms with Gasteiger partial charge in [-0.3, -0.25) is 4.79 Å². The normalized spacial score (nSPS) is 11.6. The molecular weight excluding hydrogens is 242 g/mol. The van der Waals surface area contributed by atoms with Gasteiger partial charge in [0.2, 0.25) is 0 Å². The molecule has 1 unspecified atom stereocenters. The van der Waals surface area contributed by atoms with Crippen LogP contribution in [0, 0.1) is 0 Å². The summed E-state index contributed by atoms with van der Waals surface area (Å²) < 4.78 is 0. The number of hydrogen-bond donors (Lipinski definition) is 2. The molecule has 1 atom stereocenters. The van der Waals surface area contributed by atoms with E-state index in [4.69, 9.17) is 5.11 Å². The van der Waals surface area contributed by atoms with Crippen LogP contribution in [0.25, 0.3) is 0 Å². The Morgan fingerprint density at radius 3 is 2.42 bits per heavy atom. The van der Waals surface area contributed by atoms with Crippen LogP contribution in [0.5, 0.6) is 0 Å². The third kappa shape index (κ3) is 4.95. The number of hydrogen-bond acceptors (Lipinski definition) is 2. The Bertz CT molecular complexity index is 451. The minimum atomic E-state index is -0.996. The zero-order chi connectivity index (χ0) is 14.3. The molecule has 1 aromatic rings. The van der Waals surface area contributed by atoms with E-state index in [0.717, 1.165) is 19.3 Å². The molecule has 19 heavy (non-hydrogen) atoms. The van der Waals surface area contributed by atoms with Crippen LogP contribution in [0.1, 0.15) is 46.9 Å². The number of unbranched alkanes of at least 4 members (excludes halogenated alkanes) is 1. The highest BCUT2D eigenvalue weighted by Crippen LogP contribution is 2.06. The van der Waals surface area contributed by atoms with E-state index in [1.54, 1.807) is 0 Å². The summed E-state index contributed by atoms with van der Waals surface area (Å²) in [6, 6.07) is 6.00. The van der Waals surface area contributed by atoms with Crippen molar-refractivity contribution in [2.24, 2.45) is 0 Å². The van der Waals surface area contributed by atoms with Crippen LogP contribution in [-0.2, 0) is 0 Å². The van der Waals surface area contributed by atoms with Crippen molar-refractivity contribution in [1.82, 2.24) is 5.32 Å². The molecule has 0 bridgehead atoms. The molecule has 0 aliphatic carbocycles.